The fourth-order valence-corrected chi connectivity index (χ4v) is 3.16. The number of rotatable bonds is 5. The number of carbonyl (C=O) groups excluding carboxylic acids is 2. The van der Waals surface area contributed by atoms with Crippen LogP contribution in [0.25, 0.3) is 22.0 Å². The number of ether oxygens (including phenoxy) is 1. The SMILES string of the molecule is COC(=O)[C@H](NC(=O)Nc1cc(-c2n[nH]c(=O)c3ccccc23)ccc1C)C(C)C. The van der Waals surface area contributed by atoms with E-state index < -0.39 is 18.0 Å². The van der Waals surface area contributed by atoms with Crippen LogP contribution >= 0.6 is 0 Å². The summed E-state index contributed by atoms with van der Waals surface area (Å²) in [5.41, 5.74) is 2.47. The molecule has 0 unspecified atom stereocenters. The maximum atomic E-state index is 12.5. The molecule has 2 aromatic carbocycles. The van der Waals surface area contributed by atoms with Gasteiger partial charge in [0.05, 0.1) is 18.2 Å². The third kappa shape index (κ3) is 4.32. The molecular formula is C22H24N4O4. The standard InChI is InChI=1S/C22H24N4O4/c1-12(2)18(21(28)30-4)24-22(29)23-17-11-14(10-9-13(17)3)19-15-7-5-6-8-16(15)20(27)26-25-19/h5-12,18H,1-4H3,(H,26,27)(H2,23,24,29)/t18-/m1/s1. The topological polar surface area (TPSA) is 113 Å². The molecule has 1 heterocycles. The van der Waals surface area contributed by atoms with E-state index in [-0.39, 0.29) is 11.5 Å². The highest BCUT2D eigenvalue weighted by atomic mass is 16.5. The van der Waals surface area contributed by atoms with Gasteiger partial charge in [-0.1, -0.05) is 44.2 Å². The number of urea groups is 1. The maximum Gasteiger partial charge on any atom is 0.328 e. The van der Waals surface area contributed by atoms with Gasteiger partial charge in [-0.25, -0.2) is 14.7 Å². The Labute approximate surface area is 173 Å². The van der Waals surface area contributed by atoms with Gasteiger partial charge in [0.2, 0.25) is 0 Å². The highest BCUT2D eigenvalue weighted by molar-refractivity contribution is 5.96. The van der Waals surface area contributed by atoms with Crippen LogP contribution in [0.1, 0.15) is 19.4 Å². The monoisotopic (exact) mass is 408 g/mol. The predicted octanol–water partition coefficient (Wildman–Crippen LogP) is 3.22. The normalized spacial score (nSPS) is 11.9. The highest BCUT2D eigenvalue weighted by Crippen LogP contribution is 2.28. The molecule has 1 aromatic heterocycles. The molecule has 30 heavy (non-hydrogen) atoms. The number of aromatic amines is 1. The van der Waals surface area contributed by atoms with Crippen LogP contribution in [0.2, 0.25) is 0 Å². The van der Waals surface area contributed by atoms with Gasteiger partial charge in [-0.05, 0) is 30.5 Å². The van der Waals surface area contributed by atoms with Crippen LogP contribution in [0.4, 0.5) is 10.5 Å². The number of benzene rings is 2. The Morgan fingerprint density at radius 3 is 2.47 bits per heavy atom. The summed E-state index contributed by atoms with van der Waals surface area (Å²) in [6, 6.07) is 11.4. The van der Waals surface area contributed by atoms with Crippen molar-refractivity contribution in [3.8, 4) is 11.3 Å². The van der Waals surface area contributed by atoms with Gasteiger partial charge < -0.3 is 15.4 Å². The Bertz CT molecular complexity index is 1150. The second kappa shape index (κ2) is 8.77. The minimum absolute atomic E-state index is 0.132. The summed E-state index contributed by atoms with van der Waals surface area (Å²) < 4.78 is 4.76. The first-order chi connectivity index (χ1) is 14.3. The van der Waals surface area contributed by atoms with E-state index in [1.807, 2.05) is 45.0 Å². The van der Waals surface area contributed by atoms with Crippen molar-refractivity contribution in [1.29, 1.82) is 0 Å². The van der Waals surface area contributed by atoms with Crippen LogP contribution in [-0.2, 0) is 9.53 Å². The quantitative estimate of drug-likeness (QED) is 0.561. The lowest BCUT2D eigenvalue weighted by molar-refractivity contribution is -0.143. The Kier molecular flexibility index (Phi) is 6.15. The van der Waals surface area contributed by atoms with Gasteiger partial charge >= 0.3 is 12.0 Å². The van der Waals surface area contributed by atoms with Gasteiger partial charge in [-0.3, -0.25) is 4.79 Å². The number of nitrogens with one attached hydrogen (secondary N) is 3. The molecule has 0 aliphatic carbocycles. The molecule has 0 saturated carbocycles. The predicted molar refractivity (Wildman–Crippen MR) is 115 cm³/mol. The highest BCUT2D eigenvalue weighted by Gasteiger charge is 2.25. The summed E-state index contributed by atoms with van der Waals surface area (Å²) in [4.78, 5) is 36.5. The molecule has 0 radical (unpaired) electrons. The van der Waals surface area contributed by atoms with Crippen molar-refractivity contribution in [2.24, 2.45) is 5.92 Å². The molecule has 0 fully saturated rings. The van der Waals surface area contributed by atoms with Gasteiger partial charge in [0.15, 0.2) is 0 Å². The van der Waals surface area contributed by atoms with Crippen molar-refractivity contribution < 1.29 is 14.3 Å². The lowest BCUT2D eigenvalue weighted by atomic mass is 10.0. The third-order valence-electron chi connectivity index (χ3n) is 4.86. The summed E-state index contributed by atoms with van der Waals surface area (Å²) in [5, 5.41) is 13.4. The molecule has 3 rings (SSSR count). The lowest BCUT2D eigenvalue weighted by Crippen LogP contribution is -2.46. The number of H-pyrrole nitrogens is 1. The number of esters is 1. The van der Waals surface area contributed by atoms with Gasteiger partial charge in [0.1, 0.15) is 6.04 Å². The van der Waals surface area contributed by atoms with Crippen LogP contribution < -0.4 is 16.2 Å². The Morgan fingerprint density at radius 1 is 1.10 bits per heavy atom. The van der Waals surface area contributed by atoms with Crippen molar-refractivity contribution in [3.63, 3.8) is 0 Å². The number of hydrogen-bond donors (Lipinski definition) is 3. The lowest BCUT2D eigenvalue weighted by Gasteiger charge is -2.20. The molecule has 2 amide bonds. The zero-order chi connectivity index (χ0) is 21.8. The summed E-state index contributed by atoms with van der Waals surface area (Å²) in [7, 11) is 1.28. The van der Waals surface area contributed by atoms with Crippen molar-refractivity contribution in [1.82, 2.24) is 15.5 Å². The first-order valence-electron chi connectivity index (χ1n) is 9.55. The first kappa shape index (κ1) is 21.0. The molecule has 0 bridgehead atoms. The van der Waals surface area contributed by atoms with Crippen molar-refractivity contribution in [2.45, 2.75) is 26.8 Å². The van der Waals surface area contributed by atoms with Crippen LogP contribution in [-0.4, -0.2) is 35.3 Å². The number of nitrogens with zero attached hydrogens (tertiary/aromatic N) is 1. The van der Waals surface area contributed by atoms with Gasteiger partial charge in [0.25, 0.3) is 5.56 Å². The van der Waals surface area contributed by atoms with Crippen LogP contribution in [0, 0.1) is 12.8 Å². The minimum Gasteiger partial charge on any atom is -0.467 e. The fraction of sp³-hybridized carbons (Fsp3) is 0.273. The largest absolute Gasteiger partial charge is 0.467 e. The molecule has 0 saturated heterocycles. The molecule has 0 aliphatic heterocycles. The fourth-order valence-electron chi connectivity index (χ4n) is 3.16. The zero-order valence-corrected chi connectivity index (χ0v) is 17.3. The van der Waals surface area contributed by atoms with E-state index in [1.54, 1.807) is 18.2 Å². The average Bonchev–Trinajstić information content (AvgIpc) is 2.73. The molecule has 156 valence electrons. The van der Waals surface area contributed by atoms with Crippen LogP contribution in [0.3, 0.4) is 0 Å². The number of anilines is 1. The smallest absolute Gasteiger partial charge is 0.328 e. The van der Waals surface area contributed by atoms with E-state index in [1.165, 1.54) is 7.11 Å². The number of methoxy groups -OCH3 is 1. The first-order valence-corrected chi connectivity index (χ1v) is 9.55. The van der Waals surface area contributed by atoms with E-state index in [0.717, 1.165) is 11.1 Å². The molecule has 0 spiro atoms. The molecular weight excluding hydrogens is 384 g/mol. The number of amides is 2. The number of hydrogen-bond acceptors (Lipinski definition) is 5. The van der Waals surface area contributed by atoms with E-state index in [2.05, 4.69) is 20.8 Å². The van der Waals surface area contributed by atoms with Gasteiger partial charge in [-0.15, -0.1) is 0 Å². The Morgan fingerprint density at radius 2 is 1.80 bits per heavy atom. The van der Waals surface area contributed by atoms with Crippen molar-refractivity contribution in [2.75, 3.05) is 12.4 Å². The summed E-state index contributed by atoms with van der Waals surface area (Å²) in [5.74, 6) is -0.637. The summed E-state index contributed by atoms with van der Waals surface area (Å²) >= 11 is 0. The minimum atomic E-state index is -0.761. The Hall–Kier alpha value is -3.68. The van der Waals surface area contributed by atoms with Crippen LogP contribution in [0.15, 0.2) is 47.3 Å². The van der Waals surface area contributed by atoms with Crippen LogP contribution in [0.5, 0.6) is 0 Å². The maximum absolute atomic E-state index is 12.5. The molecule has 3 N–H and O–H groups in total. The second-order valence-corrected chi connectivity index (χ2v) is 7.32. The van der Waals surface area contributed by atoms with E-state index in [9.17, 15) is 14.4 Å². The molecule has 8 nitrogen and oxygen atoms in total. The molecule has 3 aromatic rings. The van der Waals surface area contributed by atoms with Gasteiger partial charge in [-0.2, -0.15) is 5.10 Å². The molecule has 0 aliphatic rings. The number of aromatic nitrogens is 2. The molecule has 8 heteroatoms. The second-order valence-electron chi connectivity index (χ2n) is 7.32. The van der Waals surface area contributed by atoms with Crippen molar-refractivity contribution in [3.05, 3.63) is 58.4 Å². The van der Waals surface area contributed by atoms with Crippen molar-refractivity contribution >= 4 is 28.5 Å². The third-order valence-corrected chi connectivity index (χ3v) is 4.86. The Balaban J connectivity index is 1.92. The number of carbonyl (C=O) groups is 2. The van der Waals surface area contributed by atoms with E-state index >= 15 is 0 Å². The zero-order valence-electron chi connectivity index (χ0n) is 17.3. The molecule has 1 atom stereocenters. The summed E-state index contributed by atoms with van der Waals surface area (Å²) in [6.07, 6.45) is 0. The number of aryl methyl sites for hydroxylation is 1. The summed E-state index contributed by atoms with van der Waals surface area (Å²) in [6.45, 7) is 5.50. The number of fused-ring (bicyclic) bond motifs is 1. The van der Waals surface area contributed by atoms with E-state index in [0.29, 0.717) is 22.2 Å². The van der Waals surface area contributed by atoms with Gasteiger partial charge in [0, 0.05) is 16.6 Å². The average molecular weight is 408 g/mol. The van der Waals surface area contributed by atoms with E-state index in [4.69, 9.17) is 4.74 Å².